The van der Waals surface area contributed by atoms with Crippen LogP contribution < -0.4 is 5.73 Å². The molecule has 0 saturated carbocycles. The fourth-order valence-electron chi connectivity index (χ4n) is 1.11. The van der Waals surface area contributed by atoms with Crippen molar-refractivity contribution in [1.29, 1.82) is 0 Å². The van der Waals surface area contributed by atoms with Gasteiger partial charge in [-0.05, 0) is 17.7 Å². The number of aromatic amines is 1. The van der Waals surface area contributed by atoms with Crippen LogP contribution in [0.1, 0.15) is 5.56 Å². The normalized spacial score (nSPS) is 10.5. The monoisotopic (exact) mass is 284 g/mol. The minimum Gasteiger partial charge on any atom is -0.398 e. The lowest BCUT2D eigenvalue weighted by Crippen LogP contribution is -1.92. The molecule has 0 aliphatic rings. The number of nitrogens with zero attached hydrogens (tertiary/aromatic N) is 2. The van der Waals surface area contributed by atoms with Crippen LogP contribution in [0.25, 0.3) is 0 Å². The second kappa shape index (κ2) is 4.67. The smallest absolute Gasteiger partial charge is 0.183 e. The van der Waals surface area contributed by atoms with Crippen LogP contribution in [0.3, 0.4) is 0 Å². The number of halogens is 1. The first-order chi connectivity index (χ1) is 7.25. The highest BCUT2D eigenvalue weighted by Crippen LogP contribution is 2.24. The van der Waals surface area contributed by atoms with Crippen LogP contribution in [-0.4, -0.2) is 15.2 Å². The minimum atomic E-state index is 0.786. The summed E-state index contributed by atoms with van der Waals surface area (Å²) in [5.41, 5.74) is 7.76. The van der Waals surface area contributed by atoms with Gasteiger partial charge < -0.3 is 5.73 Å². The van der Waals surface area contributed by atoms with E-state index >= 15 is 0 Å². The van der Waals surface area contributed by atoms with Gasteiger partial charge in [0.2, 0.25) is 0 Å². The van der Waals surface area contributed by atoms with Gasteiger partial charge in [-0.2, -0.15) is 5.10 Å². The Morgan fingerprint density at radius 1 is 1.47 bits per heavy atom. The molecular weight excluding hydrogens is 276 g/mol. The number of aromatic nitrogens is 3. The second-order valence-electron chi connectivity index (χ2n) is 2.92. The maximum atomic E-state index is 5.87. The number of thioether (sulfide) groups is 1. The van der Waals surface area contributed by atoms with Crippen LogP contribution >= 0.6 is 27.7 Å². The molecule has 0 unspecified atom stereocenters. The van der Waals surface area contributed by atoms with E-state index in [0.717, 1.165) is 26.6 Å². The van der Waals surface area contributed by atoms with Crippen molar-refractivity contribution in [3.63, 3.8) is 0 Å². The zero-order chi connectivity index (χ0) is 10.7. The number of nitrogens with one attached hydrogen (secondary N) is 1. The van der Waals surface area contributed by atoms with Crippen molar-refractivity contribution in [3.8, 4) is 0 Å². The number of nitrogens with two attached hydrogens (primary N) is 1. The Hall–Kier alpha value is -1.01. The Bertz CT molecular complexity index is 443. The van der Waals surface area contributed by atoms with E-state index in [2.05, 4.69) is 31.1 Å². The van der Waals surface area contributed by atoms with Crippen molar-refractivity contribution in [2.75, 3.05) is 5.73 Å². The van der Waals surface area contributed by atoms with Crippen molar-refractivity contribution < 1.29 is 0 Å². The van der Waals surface area contributed by atoms with Gasteiger partial charge in [0, 0.05) is 15.9 Å². The first kappa shape index (κ1) is 10.5. The third kappa shape index (κ3) is 2.73. The van der Waals surface area contributed by atoms with Gasteiger partial charge in [-0.15, -0.1) is 0 Å². The molecule has 0 aliphatic heterocycles. The predicted molar refractivity (Wildman–Crippen MR) is 64.5 cm³/mol. The molecule has 1 heterocycles. The first-order valence-corrected chi connectivity index (χ1v) is 6.05. The van der Waals surface area contributed by atoms with Gasteiger partial charge >= 0.3 is 0 Å². The van der Waals surface area contributed by atoms with E-state index in [4.69, 9.17) is 5.73 Å². The maximum absolute atomic E-state index is 5.87. The summed E-state index contributed by atoms with van der Waals surface area (Å²) in [5.74, 6) is 0.786. The molecular formula is C9H9BrN4S. The number of H-pyrrole nitrogens is 1. The lowest BCUT2D eigenvalue weighted by atomic mass is 10.2. The maximum Gasteiger partial charge on any atom is 0.183 e. The van der Waals surface area contributed by atoms with Crippen molar-refractivity contribution in [2.45, 2.75) is 10.9 Å². The summed E-state index contributed by atoms with van der Waals surface area (Å²) in [6.45, 7) is 0. The highest BCUT2D eigenvalue weighted by molar-refractivity contribution is 9.10. The molecule has 0 radical (unpaired) electrons. The zero-order valence-electron chi connectivity index (χ0n) is 7.77. The lowest BCUT2D eigenvalue weighted by Gasteiger charge is -2.04. The van der Waals surface area contributed by atoms with E-state index in [9.17, 15) is 0 Å². The number of hydrogen-bond donors (Lipinski definition) is 2. The third-order valence-electron chi connectivity index (χ3n) is 1.87. The molecule has 0 fully saturated rings. The minimum absolute atomic E-state index is 0.786. The van der Waals surface area contributed by atoms with Crippen LogP contribution in [0, 0.1) is 0 Å². The molecule has 0 saturated heterocycles. The molecule has 0 spiro atoms. The average molecular weight is 285 g/mol. The number of nitrogen functional groups attached to an aromatic ring is 1. The van der Waals surface area contributed by atoms with E-state index in [-0.39, 0.29) is 0 Å². The number of hydrogen-bond acceptors (Lipinski definition) is 4. The van der Waals surface area contributed by atoms with E-state index in [1.165, 1.54) is 6.33 Å². The first-order valence-electron chi connectivity index (χ1n) is 4.28. The zero-order valence-corrected chi connectivity index (χ0v) is 10.2. The SMILES string of the molecule is Nc1cc(Br)ccc1CSc1ncn[nH]1. The van der Waals surface area contributed by atoms with Crippen molar-refractivity contribution in [3.05, 3.63) is 34.6 Å². The van der Waals surface area contributed by atoms with Crippen LogP contribution in [0.2, 0.25) is 0 Å². The highest BCUT2D eigenvalue weighted by atomic mass is 79.9. The number of anilines is 1. The van der Waals surface area contributed by atoms with Crippen LogP contribution in [-0.2, 0) is 5.75 Å². The molecule has 15 heavy (non-hydrogen) atoms. The van der Waals surface area contributed by atoms with E-state index in [1.54, 1.807) is 11.8 Å². The molecule has 0 bridgehead atoms. The van der Waals surface area contributed by atoms with Gasteiger partial charge in [-0.3, -0.25) is 5.10 Å². The van der Waals surface area contributed by atoms with Gasteiger partial charge in [-0.25, -0.2) is 4.98 Å². The average Bonchev–Trinajstić information content (AvgIpc) is 2.69. The molecule has 3 N–H and O–H groups in total. The Kier molecular flexibility index (Phi) is 3.27. The predicted octanol–water partition coefficient (Wildman–Crippen LogP) is 2.44. The molecule has 1 aromatic carbocycles. The summed E-state index contributed by atoms with van der Waals surface area (Å²) in [5, 5.41) is 7.37. The van der Waals surface area contributed by atoms with Crippen LogP contribution in [0.4, 0.5) is 5.69 Å². The Balaban J connectivity index is 2.05. The Morgan fingerprint density at radius 2 is 2.33 bits per heavy atom. The summed E-state index contributed by atoms with van der Waals surface area (Å²) in [6.07, 6.45) is 1.49. The topological polar surface area (TPSA) is 67.6 Å². The molecule has 0 amide bonds. The quantitative estimate of drug-likeness (QED) is 0.671. The molecule has 78 valence electrons. The molecule has 1 aromatic heterocycles. The van der Waals surface area contributed by atoms with Gasteiger partial charge in [-0.1, -0.05) is 33.8 Å². The van der Waals surface area contributed by atoms with Gasteiger partial charge in [0.25, 0.3) is 0 Å². The van der Waals surface area contributed by atoms with Gasteiger partial charge in [0.15, 0.2) is 5.16 Å². The number of rotatable bonds is 3. The highest BCUT2D eigenvalue weighted by Gasteiger charge is 2.02. The van der Waals surface area contributed by atoms with Crippen molar-refractivity contribution in [2.24, 2.45) is 0 Å². The van der Waals surface area contributed by atoms with E-state index in [0.29, 0.717) is 0 Å². The van der Waals surface area contributed by atoms with Gasteiger partial charge in [0.1, 0.15) is 6.33 Å². The Labute approximate surface area is 99.8 Å². The van der Waals surface area contributed by atoms with Crippen molar-refractivity contribution in [1.82, 2.24) is 15.2 Å². The van der Waals surface area contributed by atoms with Crippen LogP contribution in [0.5, 0.6) is 0 Å². The summed E-state index contributed by atoms with van der Waals surface area (Å²) in [4.78, 5) is 4.02. The van der Waals surface area contributed by atoms with Gasteiger partial charge in [0.05, 0.1) is 0 Å². The second-order valence-corrected chi connectivity index (χ2v) is 4.80. The summed E-state index contributed by atoms with van der Waals surface area (Å²) in [7, 11) is 0. The molecule has 0 aliphatic carbocycles. The molecule has 4 nitrogen and oxygen atoms in total. The standard InChI is InChI=1S/C9H9BrN4S/c10-7-2-1-6(8(11)3-7)4-15-9-12-5-13-14-9/h1-3,5H,4,11H2,(H,12,13,14). The van der Waals surface area contributed by atoms with Crippen molar-refractivity contribution >= 4 is 33.4 Å². The molecule has 6 heteroatoms. The Morgan fingerprint density at radius 3 is 3.00 bits per heavy atom. The molecule has 0 atom stereocenters. The fourth-order valence-corrected chi connectivity index (χ4v) is 2.28. The number of benzene rings is 1. The van der Waals surface area contributed by atoms with E-state index < -0.39 is 0 Å². The third-order valence-corrected chi connectivity index (χ3v) is 3.28. The summed E-state index contributed by atoms with van der Waals surface area (Å²) >= 11 is 4.95. The molecule has 2 rings (SSSR count). The largest absolute Gasteiger partial charge is 0.398 e. The van der Waals surface area contributed by atoms with Crippen LogP contribution in [0.15, 0.2) is 34.2 Å². The summed E-state index contributed by atoms with van der Waals surface area (Å²) in [6, 6.07) is 5.88. The summed E-state index contributed by atoms with van der Waals surface area (Å²) < 4.78 is 0.994. The van der Waals surface area contributed by atoms with E-state index in [1.807, 2.05) is 18.2 Å². The molecule has 2 aromatic rings. The lowest BCUT2D eigenvalue weighted by molar-refractivity contribution is 0.973. The fraction of sp³-hybridized carbons (Fsp3) is 0.111.